The molecule has 0 aromatic carbocycles. The van der Waals surface area contributed by atoms with Gasteiger partial charge >= 0.3 is 0 Å². The molecule has 1 N–H and O–H groups in total. The number of aryl methyl sites for hydroxylation is 1. The maximum absolute atomic E-state index is 9.80. The monoisotopic (exact) mass is 166 g/mol. The summed E-state index contributed by atoms with van der Waals surface area (Å²) in [4.78, 5) is 0. The number of aromatic nitrogens is 2. The van der Waals surface area contributed by atoms with Crippen LogP contribution in [0.4, 0.5) is 0 Å². The van der Waals surface area contributed by atoms with Crippen LogP contribution in [0.5, 0.6) is 0 Å². The predicted octanol–water partition coefficient (Wildman–Crippen LogP) is 1.35. The van der Waals surface area contributed by atoms with Crippen molar-refractivity contribution < 1.29 is 5.11 Å². The van der Waals surface area contributed by atoms with Gasteiger partial charge in [0.15, 0.2) is 0 Å². The summed E-state index contributed by atoms with van der Waals surface area (Å²) < 4.78 is 1.86. The van der Waals surface area contributed by atoms with Gasteiger partial charge in [-0.15, -0.1) is 0 Å². The first-order valence-electron chi connectivity index (χ1n) is 4.52. The van der Waals surface area contributed by atoms with E-state index in [0.717, 1.165) is 25.1 Å². The first-order chi connectivity index (χ1) is 5.83. The molecular formula is C9H14N2O. The molecule has 1 aliphatic carbocycles. The van der Waals surface area contributed by atoms with Crippen molar-refractivity contribution in [1.29, 1.82) is 0 Å². The summed E-state index contributed by atoms with van der Waals surface area (Å²) in [5, 5.41) is 13.9. The summed E-state index contributed by atoms with van der Waals surface area (Å²) in [5.41, 5.74) is 0.972. The molecule has 0 bridgehead atoms. The minimum Gasteiger partial charge on any atom is -0.387 e. The fraction of sp³-hybridized carbons (Fsp3) is 0.667. The molecule has 3 nitrogen and oxygen atoms in total. The Kier molecular flexibility index (Phi) is 1.89. The molecule has 1 atom stereocenters. The third-order valence-corrected chi connectivity index (χ3v) is 2.42. The molecule has 1 aromatic rings. The van der Waals surface area contributed by atoms with Gasteiger partial charge in [-0.2, -0.15) is 5.10 Å². The second kappa shape index (κ2) is 2.90. The molecule has 1 unspecified atom stereocenters. The standard InChI is InChI=1S/C9H14N2O/c1-2-11-8(5-6-10-11)9(12)7-3-4-7/h5-7,9,12H,2-4H2,1H3. The van der Waals surface area contributed by atoms with Crippen molar-refractivity contribution in [2.24, 2.45) is 5.92 Å². The summed E-state index contributed by atoms with van der Waals surface area (Å²) in [6.07, 6.45) is 3.80. The average molecular weight is 166 g/mol. The molecule has 0 radical (unpaired) electrons. The van der Waals surface area contributed by atoms with E-state index in [-0.39, 0.29) is 6.10 Å². The van der Waals surface area contributed by atoms with Gasteiger partial charge in [0.1, 0.15) is 0 Å². The van der Waals surface area contributed by atoms with Gasteiger partial charge in [0.2, 0.25) is 0 Å². The van der Waals surface area contributed by atoms with Crippen LogP contribution in [0.3, 0.4) is 0 Å². The molecule has 2 rings (SSSR count). The van der Waals surface area contributed by atoms with Gasteiger partial charge in [-0.1, -0.05) is 0 Å². The van der Waals surface area contributed by atoms with E-state index in [9.17, 15) is 5.11 Å². The number of hydrogen-bond donors (Lipinski definition) is 1. The maximum Gasteiger partial charge on any atom is 0.0984 e. The Morgan fingerprint density at radius 1 is 1.75 bits per heavy atom. The van der Waals surface area contributed by atoms with Crippen LogP contribution < -0.4 is 0 Å². The Balaban J connectivity index is 2.19. The quantitative estimate of drug-likeness (QED) is 0.736. The van der Waals surface area contributed by atoms with Crippen LogP contribution in [0, 0.1) is 5.92 Å². The van der Waals surface area contributed by atoms with Crippen molar-refractivity contribution in [2.75, 3.05) is 0 Å². The van der Waals surface area contributed by atoms with Crippen molar-refractivity contribution in [1.82, 2.24) is 9.78 Å². The zero-order chi connectivity index (χ0) is 8.55. The largest absolute Gasteiger partial charge is 0.387 e. The van der Waals surface area contributed by atoms with Crippen LogP contribution in [0.1, 0.15) is 31.6 Å². The van der Waals surface area contributed by atoms with Gasteiger partial charge in [-0.3, -0.25) is 4.68 Å². The van der Waals surface area contributed by atoms with Gasteiger partial charge in [0.25, 0.3) is 0 Å². The summed E-state index contributed by atoms with van der Waals surface area (Å²) in [6.45, 7) is 2.88. The number of aliphatic hydroxyl groups is 1. The van der Waals surface area contributed by atoms with E-state index in [1.807, 2.05) is 17.7 Å². The van der Waals surface area contributed by atoms with Crippen LogP contribution in [0.15, 0.2) is 12.3 Å². The van der Waals surface area contributed by atoms with E-state index >= 15 is 0 Å². The smallest absolute Gasteiger partial charge is 0.0984 e. The van der Waals surface area contributed by atoms with Gasteiger partial charge < -0.3 is 5.11 Å². The third-order valence-electron chi connectivity index (χ3n) is 2.42. The maximum atomic E-state index is 9.80. The SMILES string of the molecule is CCn1nccc1C(O)C1CC1. The van der Waals surface area contributed by atoms with Crippen LogP contribution in [0.25, 0.3) is 0 Å². The normalized spacial score (nSPS) is 19.5. The van der Waals surface area contributed by atoms with Crippen molar-refractivity contribution in [3.63, 3.8) is 0 Å². The minimum absolute atomic E-state index is 0.285. The molecule has 0 spiro atoms. The highest BCUT2D eigenvalue weighted by molar-refractivity contribution is 5.08. The topological polar surface area (TPSA) is 38.0 Å². The fourth-order valence-electron chi connectivity index (χ4n) is 1.51. The molecule has 0 amide bonds. The Morgan fingerprint density at radius 2 is 2.50 bits per heavy atom. The highest BCUT2D eigenvalue weighted by atomic mass is 16.3. The van der Waals surface area contributed by atoms with Crippen molar-refractivity contribution in [3.05, 3.63) is 18.0 Å². The lowest BCUT2D eigenvalue weighted by molar-refractivity contribution is 0.143. The number of hydrogen-bond acceptors (Lipinski definition) is 2. The second-order valence-electron chi connectivity index (χ2n) is 3.35. The summed E-state index contributed by atoms with van der Waals surface area (Å²) in [5.74, 6) is 0.493. The number of rotatable bonds is 3. The van der Waals surface area contributed by atoms with E-state index < -0.39 is 0 Å². The van der Waals surface area contributed by atoms with Crippen LogP contribution in [0.2, 0.25) is 0 Å². The third kappa shape index (κ3) is 1.25. The molecule has 3 heteroatoms. The molecular weight excluding hydrogens is 152 g/mol. The first kappa shape index (κ1) is 7.80. The number of nitrogens with zero attached hydrogens (tertiary/aromatic N) is 2. The lowest BCUT2D eigenvalue weighted by atomic mass is 10.2. The lowest BCUT2D eigenvalue weighted by Crippen LogP contribution is -2.09. The fourth-order valence-corrected chi connectivity index (χ4v) is 1.51. The minimum atomic E-state index is -0.285. The Bertz CT molecular complexity index is 265. The Hall–Kier alpha value is -0.830. The van der Waals surface area contributed by atoms with Gasteiger partial charge in [-0.05, 0) is 31.7 Å². The summed E-state index contributed by atoms with van der Waals surface area (Å²) in [7, 11) is 0. The molecule has 1 aliphatic rings. The molecule has 12 heavy (non-hydrogen) atoms. The molecule has 1 heterocycles. The van der Waals surface area contributed by atoms with Gasteiger partial charge in [0.05, 0.1) is 11.8 Å². The summed E-state index contributed by atoms with van der Waals surface area (Å²) >= 11 is 0. The van der Waals surface area contributed by atoms with E-state index in [4.69, 9.17) is 0 Å². The predicted molar refractivity (Wildman–Crippen MR) is 45.6 cm³/mol. The molecule has 1 saturated carbocycles. The Labute approximate surface area is 72.0 Å². The molecule has 1 fully saturated rings. The molecule has 66 valence electrons. The highest BCUT2D eigenvalue weighted by Crippen LogP contribution is 2.40. The first-order valence-corrected chi connectivity index (χ1v) is 4.52. The van der Waals surface area contributed by atoms with E-state index in [1.54, 1.807) is 6.20 Å². The van der Waals surface area contributed by atoms with E-state index in [0.29, 0.717) is 5.92 Å². The summed E-state index contributed by atoms with van der Waals surface area (Å²) in [6, 6.07) is 1.91. The van der Waals surface area contributed by atoms with Crippen LogP contribution in [-0.2, 0) is 6.54 Å². The lowest BCUT2D eigenvalue weighted by Gasteiger charge is -2.10. The van der Waals surface area contributed by atoms with Gasteiger partial charge in [0, 0.05) is 12.7 Å². The van der Waals surface area contributed by atoms with E-state index in [2.05, 4.69) is 5.10 Å². The van der Waals surface area contributed by atoms with Crippen molar-refractivity contribution in [2.45, 2.75) is 32.4 Å². The molecule has 0 saturated heterocycles. The second-order valence-corrected chi connectivity index (χ2v) is 3.35. The zero-order valence-corrected chi connectivity index (χ0v) is 7.27. The Morgan fingerprint density at radius 3 is 3.08 bits per heavy atom. The van der Waals surface area contributed by atoms with Crippen LogP contribution >= 0.6 is 0 Å². The van der Waals surface area contributed by atoms with Crippen molar-refractivity contribution in [3.8, 4) is 0 Å². The van der Waals surface area contributed by atoms with Crippen LogP contribution in [-0.4, -0.2) is 14.9 Å². The number of aliphatic hydroxyl groups excluding tert-OH is 1. The highest BCUT2D eigenvalue weighted by Gasteiger charge is 2.32. The van der Waals surface area contributed by atoms with Gasteiger partial charge in [-0.25, -0.2) is 0 Å². The van der Waals surface area contributed by atoms with Crippen molar-refractivity contribution >= 4 is 0 Å². The van der Waals surface area contributed by atoms with E-state index in [1.165, 1.54) is 0 Å². The molecule has 0 aliphatic heterocycles. The molecule has 1 aromatic heterocycles. The zero-order valence-electron chi connectivity index (χ0n) is 7.27. The average Bonchev–Trinajstić information content (AvgIpc) is 2.82.